The number of aliphatic imine (C=N–C) groups is 1. The van der Waals surface area contributed by atoms with Gasteiger partial charge in [-0.2, -0.15) is 5.26 Å². The maximum atomic E-state index is 13.8. The number of amidine groups is 1. The van der Waals surface area contributed by atoms with Crippen LogP contribution in [0.5, 0.6) is 0 Å². The summed E-state index contributed by atoms with van der Waals surface area (Å²) >= 11 is 0. The van der Waals surface area contributed by atoms with Gasteiger partial charge in [0.05, 0.1) is 18.0 Å². The molecule has 2 aromatic carbocycles. The monoisotopic (exact) mass is 487 g/mol. The van der Waals surface area contributed by atoms with Crippen molar-refractivity contribution in [2.24, 2.45) is 10.9 Å². The fourth-order valence-electron chi connectivity index (χ4n) is 5.04. The van der Waals surface area contributed by atoms with Crippen molar-refractivity contribution in [3.63, 3.8) is 0 Å². The van der Waals surface area contributed by atoms with E-state index in [1.54, 1.807) is 6.07 Å². The van der Waals surface area contributed by atoms with Gasteiger partial charge in [0.25, 0.3) is 0 Å². The summed E-state index contributed by atoms with van der Waals surface area (Å²) in [6.45, 7) is 3.27. The first-order valence-electron chi connectivity index (χ1n) is 12.7. The van der Waals surface area contributed by atoms with Crippen LogP contribution in [0.2, 0.25) is 0 Å². The number of nitrogens with zero attached hydrogens (tertiary/aromatic N) is 3. The van der Waals surface area contributed by atoms with Crippen molar-refractivity contribution in [2.75, 3.05) is 38.1 Å². The Balaban J connectivity index is 1.48. The number of fused-ring (bicyclic) bond motifs is 1. The normalized spacial score (nSPS) is 19.4. The molecule has 1 aliphatic carbocycles. The Morgan fingerprint density at radius 3 is 2.64 bits per heavy atom. The van der Waals surface area contributed by atoms with Gasteiger partial charge in [-0.3, -0.25) is 0 Å². The number of rotatable bonds is 4. The number of anilines is 1. The highest BCUT2D eigenvalue weighted by Crippen LogP contribution is 2.37. The van der Waals surface area contributed by atoms with Crippen LogP contribution in [0.25, 0.3) is 11.1 Å². The van der Waals surface area contributed by atoms with Gasteiger partial charge >= 0.3 is 5.97 Å². The second-order valence-corrected chi connectivity index (χ2v) is 9.50. The van der Waals surface area contributed by atoms with E-state index in [0.29, 0.717) is 48.5 Å². The molecule has 0 spiro atoms. The molecule has 186 valence electrons. The van der Waals surface area contributed by atoms with E-state index < -0.39 is 5.97 Å². The molecule has 0 unspecified atom stereocenters. The molecule has 2 heterocycles. The smallest absolute Gasteiger partial charge is 0.351 e. The van der Waals surface area contributed by atoms with Gasteiger partial charge in [0.2, 0.25) is 0 Å². The van der Waals surface area contributed by atoms with Crippen molar-refractivity contribution < 1.29 is 13.9 Å². The first-order chi connectivity index (χ1) is 17.6. The third kappa shape index (κ3) is 5.26. The first kappa shape index (κ1) is 24.0. The summed E-state index contributed by atoms with van der Waals surface area (Å²) < 4.78 is 19.4. The molecule has 2 aromatic rings. The molecular weight excluding hydrogens is 457 g/mol. The summed E-state index contributed by atoms with van der Waals surface area (Å²) in [5, 5.41) is 16.6. The maximum absolute atomic E-state index is 13.8. The lowest BCUT2D eigenvalue weighted by Gasteiger charge is -2.34. The number of nitriles is 1. The Bertz CT molecular complexity index is 1240. The van der Waals surface area contributed by atoms with E-state index in [1.807, 2.05) is 24.3 Å². The molecule has 3 aliphatic rings. The number of nitrogens with one attached hydrogen (secondary N) is 2. The molecule has 0 bridgehead atoms. The van der Waals surface area contributed by atoms with Crippen LogP contribution in [-0.2, 0) is 9.53 Å². The number of hydrogen-bond donors (Lipinski definition) is 2. The van der Waals surface area contributed by atoms with Crippen LogP contribution in [0.4, 0.5) is 15.8 Å². The number of ether oxygens (including phenoxy) is 1. The highest BCUT2D eigenvalue weighted by Gasteiger charge is 2.30. The van der Waals surface area contributed by atoms with Gasteiger partial charge in [0, 0.05) is 26.2 Å². The molecular formula is C28H30FN5O2. The van der Waals surface area contributed by atoms with Gasteiger partial charge in [-0.05, 0) is 54.2 Å². The van der Waals surface area contributed by atoms with Gasteiger partial charge in [0.15, 0.2) is 11.4 Å². The zero-order chi connectivity index (χ0) is 24.9. The number of carbonyl (C=O) groups excluding carboxylic acids is 1. The molecule has 0 radical (unpaired) electrons. The van der Waals surface area contributed by atoms with Crippen molar-refractivity contribution >= 4 is 23.2 Å². The third-order valence-electron chi connectivity index (χ3n) is 7.02. The number of benzene rings is 2. The topological polar surface area (TPSA) is 89.8 Å². The summed E-state index contributed by atoms with van der Waals surface area (Å²) in [6.07, 6.45) is 5.65. The molecule has 1 saturated carbocycles. The van der Waals surface area contributed by atoms with E-state index >= 15 is 0 Å². The fraction of sp³-hybridized carbons (Fsp3) is 0.393. The van der Waals surface area contributed by atoms with E-state index in [0.717, 1.165) is 49.9 Å². The zero-order valence-corrected chi connectivity index (χ0v) is 20.2. The van der Waals surface area contributed by atoms with Crippen molar-refractivity contribution in [2.45, 2.75) is 32.1 Å². The Kier molecular flexibility index (Phi) is 7.28. The average molecular weight is 488 g/mol. The highest BCUT2D eigenvalue weighted by molar-refractivity contribution is 6.12. The van der Waals surface area contributed by atoms with Gasteiger partial charge in [-0.1, -0.05) is 37.5 Å². The van der Waals surface area contributed by atoms with Crippen molar-refractivity contribution in [3.05, 3.63) is 59.6 Å². The van der Waals surface area contributed by atoms with Crippen molar-refractivity contribution in [3.8, 4) is 17.2 Å². The van der Waals surface area contributed by atoms with Crippen LogP contribution in [0.3, 0.4) is 0 Å². The van der Waals surface area contributed by atoms with Crippen LogP contribution in [0.1, 0.15) is 32.1 Å². The highest BCUT2D eigenvalue weighted by atomic mass is 19.1. The molecule has 5 rings (SSSR count). The standard InChI is InChI=1S/C28H30FN5O2/c29-22-8-4-7-20(15-22)21-9-10-24-25(16-21)33-27(34-13-11-31-12-14-34)26(32-24)23(17-30)28(35)36-18-19-5-2-1-3-6-19/h4,7-10,15-16,19,31-32H,1-3,5-6,11-14,18H2/b26-23-. The second kappa shape index (κ2) is 10.9. The van der Waals surface area contributed by atoms with Crippen LogP contribution in [0.15, 0.2) is 58.7 Å². The Morgan fingerprint density at radius 1 is 1.11 bits per heavy atom. The fourth-order valence-corrected chi connectivity index (χ4v) is 5.04. The van der Waals surface area contributed by atoms with Crippen LogP contribution in [-0.4, -0.2) is 49.5 Å². The van der Waals surface area contributed by atoms with Crippen LogP contribution >= 0.6 is 0 Å². The molecule has 2 fully saturated rings. The van der Waals surface area contributed by atoms with E-state index in [1.165, 1.54) is 18.6 Å². The van der Waals surface area contributed by atoms with Gasteiger partial charge < -0.3 is 20.3 Å². The lowest BCUT2D eigenvalue weighted by molar-refractivity contribution is -0.140. The minimum Gasteiger partial charge on any atom is -0.461 e. The summed E-state index contributed by atoms with van der Waals surface area (Å²) in [6, 6.07) is 14.1. The maximum Gasteiger partial charge on any atom is 0.351 e. The number of halogens is 1. The van der Waals surface area contributed by atoms with Crippen LogP contribution in [0, 0.1) is 23.1 Å². The summed E-state index contributed by atoms with van der Waals surface area (Å²) in [5.74, 6) is -0.0148. The van der Waals surface area contributed by atoms with E-state index in [4.69, 9.17) is 9.73 Å². The molecule has 36 heavy (non-hydrogen) atoms. The molecule has 7 nitrogen and oxygen atoms in total. The largest absolute Gasteiger partial charge is 0.461 e. The van der Waals surface area contributed by atoms with Gasteiger partial charge in [0.1, 0.15) is 17.6 Å². The molecule has 8 heteroatoms. The van der Waals surface area contributed by atoms with E-state index in [2.05, 4.69) is 21.6 Å². The molecule has 1 saturated heterocycles. The quantitative estimate of drug-likeness (QED) is 0.367. The van der Waals surface area contributed by atoms with E-state index in [-0.39, 0.29) is 11.4 Å². The Morgan fingerprint density at radius 2 is 1.89 bits per heavy atom. The zero-order valence-electron chi connectivity index (χ0n) is 20.2. The number of hydrogen-bond acceptors (Lipinski definition) is 7. The molecule has 2 aliphatic heterocycles. The predicted molar refractivity (Wildman–Crippen MR) is 137 cm³/mol. The summed E-state index contributed by atoms with van der Waals surface area (Å²) in [5.41, 5.74) is 3.24. The van der Waals surface area contributed by atoms with Gasteiger partial charge in [-0.15, -0.1) is 0 Å². The minimum atomic E-state index is -0.617. The Labute approximate surface area is 210 Å². The number of carbonyl (C=O) groups is 1. The molecule has 0 atom stereocenters. The molecule has 0 aromatic heterocycles. The van der Waals surface area contributed by atoms with E-state index in [9.17, 15) is 14.4 Å². The summed E-state index contributed by atoms with van der Waals surface area (Å²) in [4.78, 5) is 20.0. The third-order valence-corrected chi connectivity index (χ3v) is 7.02. The van der Waals surface area contributed by atoms with Crippen LogP contribution < -0.4 is 10.6 Å². The first-order valence-corrected chi connectivity index (χ1v) is 12.7. The minimum absolute atomic E-state index is 0.0667. The predicted octanol–water partition coefficient (Wildman–Crippen LogP) is 4.75. The molecule has 2 N–H and O–H groups in total. The lowest BCUT2D eigenvalue weighted by atomic mass is 9.90. The van der Waals surface area contributed by atoms with Crippen molar-refractivity contribution in [1.29, 1.82) is 5.26 Å². The van der Waals surface area contributed by atoms with Gasteiger partial charge in [-0.25, -0.2) is 14.2 Å². The van der Waals surface area contributed by atoms with Crippen molar-refractivity contribution in [1.82, 2.24) is 10.2 Å². The molecule has 0 amide bonds. The average Bonchev–Trinajstić information content (AvgIpc) is 2.92. The Hall–Kier alpha value is -3.70. The lowest BCUT2D eigenvalue weighted by Crippen LogP contribution is -2.48. The number of esters is 1. The second-order valence-electron chi connectivity index (χ2n) is 9.50. The number of piperazine rings is 1. The summed E-state index contributed by atoms with van der Waals surface area (Å²) in [7, 11) is 0. The SMILES string of the molecule is N#C/C(C(=O)OCC1CCCCC1)=C1/Nc2ccc(-c3cccc(F)c3)cc2N=C1N1CCNCC1.